The van der Waals surface area contributed by atoms with Crippen LogP contribution in [0.2, 0.25) is 0 Å². The van der Waals surface area contributed by atoms with Crippen LogP contribution in [-0.2, 0) is 4.79 Å². The van der Waals surface area contributed by atoms with E-state index in [0.29, 0.717) is 0 Å². The molecule has 0 aromatic rings. The molecule has 2 rings (SSSR count). The van der Waals surface area contributed by atoms with Gasteiger partial charge in [0, 0.05) is 31.3 Å². The predicted molar refractivity (Wildman–Crippen MR) is 51.7 cm³/mol. The topological polar surface area (TPSA) is 32.3 Å². The lowest BCUT2D eigenvalue weighted by Gasteiger charge is -2.34. The molecule has 0 bridgehead atoms. The van der Waals surface area contributed by atoms with Crippen molar-refractivity contribution in [1.29, 1.82) is 0 Å². The Bertz CT molecular complexity index is 262. The van der Waals surface area contributed by atoms with Gasteiger partial charge in [0.05, 0.1) is 0 Å². The highest BCUT2D eigenvalue weighted by Gasteiger charge is 2.48. The summed E-state index contributed by atoms with van der Waals surface area (Å²) < 4.78 is 25.1. The molecule has 1 N–H and O–H groups in total. The molecule has 0 radical (unpaired) electrons. The Morgan fingerprint density at radius 1 is 1.47 bits per heavy atom. The first kappa shape index (κ1) is 10.8. The molecule has 2 aliphatic rings. The number of alkyl halides is 2. The van der Waals surface area contributed by atoms with Crippen LogP contribution in [0.5, 0.6) is 0 Å². The van der Waals surface area contributed by atoms with Gasteiger partial charge in [-0.2, -0.15) is 0 Å². The number of likely N-dealkylation sites (tertiary alicyclic amines) is 1. The normalized spacial score (nSPS) is 31.3. The van der Waals surface area contributed by atoms with Crippen molar-refractivity contribution >= 4 is 5.91 Å². The molecule has 15 heavy (non-hydrogen) atoms. The number of hydrogen-bond donors (Lipinski definition) is 1. The zero-order valence-corrected chi connectivity index (χ0v) is 8.80. The SMILES string of the molecule is CN1CCC(NC(=O)C2CC(F)(F)C2)C1. The predicted octanol–water partition coefficient (Wildman–Crippen LogP) is 0.852. The Hall–Kier alpha value is -0.710. The third-order valence-electron chi connectivity index (χ3n) is 3.20. The molecule has 1 saturated carbocycles. The summed E-state index contributed by atoms with van der Waals surface area (Å²) in [7, 11) is 1.99. The summed E-state index contributed by atoms with van der Waals surface area (Å²) in [6, 6.07) is 0.150. The number of likely N-dealkylation sites (N-methyl/N-ethyl adjacent to an activating group) is 1. The molecule has 1 unspecified atom stereocenters. The van der Waals surface area contributed by atoms with Crippen LogP contribution < -0.4 is 5.32 Å². The van der Waals surface area contributed by atoms with Crippen molar-refractivity contribution in [3.05, 3.63) is 0 Å². The van der Waals surface area contributed by atoms with Gasteiger partial charge in [0.1, 0.15) is 0 Å². The fourth-order valence-corrected chi connectivity index (χ4v) is 2.22. The fraction of sp³-hybridized carbons (Fsp3) is 0.900. The molecule has 0 spiro atoms. The smallest absolute Gasteiger partial charge is 0.249 e. The zero-order chi connectivity index (χ0) is 11.1. The minimum Gasteiger partial charge on any atom is -0.352 e. The average molecular weight is 218 g/mol. The van der Waals surface area contributed by atoms with Crippen LogP contribution >= 0.6 is 0 Å². The van der Waals surface area contributed by atoms with E-state index in [-0.39, 0.29) is 24.8 Å². The van der Waals surface area contributed by atoms with Crippen molar-refractivity contribution in [3.63, 3.8) is 0 Å². The first-order valence-electron chi connectivity index (χ1n) is 5.33. The highest BCUT2D eigenvalue weighted by molar-refractivity contribution is 5.80. The molecular weight excluding hydrogens is 202 g/mol. The second-order valence-electron chi connectivity index (χ2n) is 4.72. The van der Waals surface area contributed by atoms with Crippen LogP contribution in [0.1, 0.15) is 19.3 Å². The molecule has 2 fully saturated rings. The second kappa shape index (κ2) is 3.70. The van der Waals surface area contributed by atoms with E-state index in [9.17, 15) is 13.6 Å². The van der Waals surface area contributed by atoms with E-state index in [0.717, 1.165) is 19.5 Å². The summed E-state index contributed by atoms with van der Waals surface area (Å²) in [6.45, 7) is 1.79. The van der Waals surface area contributed by atoms with Gasteiger partial charge in [-0.15, -0.1) is 0 Å². The molecule has 5 heteroatoms. The van der Waals surface area contributed by atoms with E-state index < -0.39 is 11.8 Å². The summed E-state index contributed by atoms with van der Waals surface area (Å²) in [5.74, 6) is -3.26. The van der Waals surface area contributed by atoms with Crippen LogP contribution in [0, 0.1) is 5.92 Å². The lowest BCUT2D eigenvalue weighted by Crippen LogP contribution is -2.48. The van der Waals surface area contributed by atoms with Crippen molar-refractivity contribution < 1.29 is 13.6 Å². The van der Waals surface area contributed by atoms with Gasteiger partial charge >= 0.3 is 0 Å². The van der Waals surface area contributed by atoms with Gasteiger partial charge in [0.2, 0.25) is 11.8 Å². The molecule has 1 amide bonds. The van der Waals surface area contributed by atoms with Crippen LogP contribution in [0.3, 0.4) is 0 Å². The number of nitrogens with one attached hydrogen (secondary N) is 1. The monoisotopic (exact) mass is 218 g/mol. The van der Waals surface area contributed by atoms with E-state index in [4.69, 9.17) is 0 Å². The lowest BCUT2D eigenvalue weighted by atomic mass is 9.80. The van der Waals surface area contributed by atoms with Gasteiger partial charge < -0.3 is 10.2 Å². The van der Waals surface area contributed by atoms with Crippen LogP contribution in [0.15, 0.2) is 0 Å². The standard InChI is InChI=1S/C10H16F2N2O/c1-14-3-2-8(6-14)13-9(15)7-4-10(11,12)5-7/h7-8H,2-6H2,1H3,(H,13,15). The van der Waals surface area contributed by atoms with Gasteiger partial charge in [-0.25, -0.2) is 8.78 Å². The molecule has 1 atom stereocenters. The Morgan fingerprint density at radius 3 is 2.60 bits per heavy atom. The Kier molecular flexibility index (Phi) is 2.66. The highest BCUT2D eigenvalue weighted by atomic mass is 19.3. The molecule has 1 saturated heterocycles. The summed E-state index contributed by atoms with van der Waals surface area (Å²) in [6.07, 6.45) is 0.369. The minimum atomic E-state index is -2.60. The maximum atomic E-state index is 12.5. The number of hydrogen-bond acceptors (Lipinski definition) is 2. The van der Waals surface area contributed by atoms with E-state index in [2.05, 4.69) is 10.2 Å². The summed E-state index contributed by atoms with van der Waals surface area (Å²) >= 11 is 0. The van der Waals surface area contributed by atoms with Crippen molar-refractivity contribution in [3.8, 4) is 0 Å². The summed E-state index contributed by atoms with van der Waals surface area (Å²) in [5, 5.41) is 2.84. The summed E-state index contributed by atoms with van der Waals surface area (Å²) in [5.41, 5.74) is 0. The molecule has 1 aliphatic carbocycles. The van der Waals surface area contributed by atoms with Gasteiger partial charge in [-0.3, -0.25) is 4.79 Å². The van der Waals surface area contributed by atoms with Gasteiger partial charge in [0.15, 0.2) is 0 Å². The Labute approximate surface area is 87.8 Å². The maximum Gasteiger partial charge on any atom is 0.249 e. The van der Waals surface area contributed by atoms with Gasteiger partial charge in [-0.1, -0.05) is 0 Å². The van der Waals surface area contributed by atoms with E-state index >= 15 is 0 Å². The lowest BCUT2D eigenvalue weighted by molar-refractivity contribution is -0.150. The largest absolute Gasteiger partial charge is 0.352 e. The Balaban J connectivity index is 1.74. The molecule has 0 aromatic carbocycles. The van der Waals surface area contributed by atoms with Gasteiger partial charge in [-0.05, 0) is 20.0 Å². The molecule has 3 nitrogen and oxygen atoms in total. The average Bonchev–Trinajstić information content (AvgIpc) is 2.46. The molecule has 1 heterocycles. The van der Waals surface area contributed by atoms with Gasteiger partial charge in [0.25, 0.3) is 0 Å². The van der Waals surface area contributed by atoms with Crippen LogP contribution in [0.4, 0.5) is 8.78 Å². The van der Waals surface area contributed by atoms with Crippen molar-refractivity contribution in [2.75, 3.05) is 20.1 Å². The zero-order valence-electron chi connectivity index (χ0n) is 8.80. The van der Waals surface area contributed by atoms with Crippen LogP contribution in [-0.4, -0.2) is 42.9 Å². The minimum absolute atomic E-state index is 0.150. The molecular formula is C10H16F2N2O. The number of halogens is 2. The van der Waals surface area contributed by atoms with E-state index in [1.807, 2.05) is 7.05 Å². The third kappa shape index (κ3) is 2.45. The van der Waals surface area contributed by atoms with Crippen molar-refractivity contribution in [1.82, 2.24) is 10.2 Å². The van der Waals surface area contributed by atoms with Crippen LogP contribution in [0.25, 0.3) is 0 Å². The third-order valence-corrected chi connectivity index (χ3v) is 3.20. The maximum absolute atomic E-state index is 12.5. The number of nitrogens with zero attached hydrogens (tertiary/aromatic N) is 1. The second-order valence-corrected chi connectivity index (χ2v) is 4.72. The first-order valence-corrected chi connectivity index (χ1v) is 5.33. The quantitative estimate of drug-likeness (QED) is 0.745. The highest BCUT2D eigenvalue weighted by Crippen LogP contribution is 2.42. The first-order chi connectivity index (χ1) is 6.96. The Morgan fingerprint density at radius 2 is 2.13 bits per heavy atom. The number of amides is 1. The van der Waals surface area contributed by atoms with E-state index in [1.54, 1.807) is 0 Å². The van der Waals surface area contributed by atoms with E-state index in [1.165, 1.54) is 0 Å². The number of carbonyl (C=O) groups is 1. The number of carbonyl (C=O) groups excluding carboxylic acids is 1. The molecule has 1 aliphatic heterocycles. The van der Waals surface area contributed by atoms with Crippen molar-refractivity contribution in [2.45, 2.75) is 31.2 Å². The summed E-state index contributed by atoms with van der Waals surface area (Å²) in [4.78, 5) is 13.6. The van der Waals surface area contributed by atoms with Crippen molar-refractivity contribution in [2.24, 2.45) is 5.92 Å². The molecule has 86 valence electrons. The molecule has 0 aromatic heterocycles. The number of rotatable bonds is 2. The fourth-order valence-electron chi connectivity index (χ4n) is 2.22.